The van der Waals surface area contributed by atoms with Gasteiger partial charge in [-0.25, -0.2) is 4.39 Å². The molecule has 0 atom stereocenters. The minimum Gasteiger partial charge on any atom is -0.353 e. The average Bonchev–Trinajstić information content (AvgIpc) is 3.43. The van der Waals surface area contributed by atoms with E-state index in [4.69, 9.17) is 0 Å². The minimum absolute atomic E-state index is 0.309. The maximum absolute atomic E-state index is 14.4. The first kappa shape index (κ1) is 19.6. The predicted octanol–water partition coefficient (Wildman–Crippen LogP) is 5.92. The number of fused-ring (bicyclic) bond motifs is 2. The molecule has 0 unspecified atom stereocenters. The van der Waals surface area contributed by atoms with E-state index in [9.17, 15) is 4.39 Å². The molecule has 0 fully saturated rings. The van der Waals surface area contributed by atoms with E-state index in [0.717, 1.165) is 44.5 Å². The van der Waals surface area contributed by atoms with Crippen molar-refractivity contribution < 1.29 is 4.39 Å². The number of pyridine rings is 2. The van der Waals surface area contributed by atoms with Crippen molar-refractivity contribution >= 4 is 33.6 Å². The molecule has 0 aliphatic heterocycles. The number of halogens is 1. The van der Waals surface area contributed by atoms with E-state index < -0.39 is 0 Å². The number of rotatable bonds is 5. The molecular weight excluding hydrogens is 403 g/mol. The molecular formula is C25H19FN6. The SMILES string of the molecule is C=CN=C/C(=C\C)c1cc2c(-c3cc4c(-c5ccccc5F)nccc4[nH]3)n[nH]c2cn1. The van der Waals surface area contributed by atoms with Crippen molar-refractivity contribution in [1.82, 2.24) is 25.1 Å². The third-order valence-electron chi connectivity index (χ3n) is 5.31. The van der Waals surface area contributed by atoms with Crippen LogP contribution in [0.2, 0.25) is 0 Å². The first-order valence-corrected chi connectivity index (χ1v) is 10.1. The van der Waals surface area contributed by atoms with Gasteiger partial charge in [0, 0.05) is 46.0 Å². The smallest absolute Gasteiger partial charge is 0.132 e. The molecule has 4 heterocycles. The van der Waals surface area contributed by atoms with Gasteiger partial charge in [-0.2, -0.15) is 5.10 Å². The Morgan fingerprint density at radius 3 is 2.72 bits per heavy atom. The van der Waals surface area contributed by atoms with Gasteiger partial charge in [-0.3, -0.25) is 20.1 Å². The molecule has 32 heavy (non-hydrogen) atoms. The highest BCUT2D eigenvalue weighted by Gasteiger charge is 2.16. The van der Waals surface area contributed by atoms with Crippen molar-refractivity contribution in [3.05, 3.63) is 85.2 Å². The van der Waals surface area contributed by atoms with E-state index in [0.29, 0.717) is 11.3 Å². The Hall–Kier alpha value is -4.39. The number of aromatic amines is 2. The van der Waals surface area contributed by atoms with Gasteiger partial charge in [0.25, 0.3) is 0 Å². The molecule has 0 radical (unpaired) electrons. The normalized spacial score (nSPS) is 12.2. The largest absolute Gasteiger partial charge is 0.353 e. The second-order valence-electron chi connectivity index (χ2n) is 7.18. The van der Waals surface area contributed by atoms with Gasteiger partial charge in [0.1, 0.15) is 11.5 Å². The third kappa shape index (κ3) is 3.30. The van der Waals surface area contributed by atoms with Gasteiger partial charge >= 0.3 is 0 Å². The van der Waals surface area contributed by atoms with E-state index >= 15 is 0 Å². The van der Waals surface area contributed by atoms with Crippen LogP contribution in [0.5, 0.6) is 0 Å². The quantitative estimate of drug-likeness (QED) is 0.345. The number of H-pyrrole nitrogens is 2. The van der Waals surface area contributed by atoms with Gasteiger partial charge in [-0.05, 0) is 37.3 Å². The molecule has 156 valence electrons. The lowest BCUT2D eigenvalue weighted by Gasteiger charge is -2.03. The zero-order chi connectivity index (χ0) is 22.1. The first-order chi connectivity index (χ1) is 15.7. The maximum atomic E-state index is 14.4. The highest BCUT2D eigenvalue weighted by molar-refractivity contribution is 6.10. The summed E-state index contributed by atoms with van der Waals surface area (Å²) in [6.45, 7) is 5.55. The maximum Gasteiger partial charge on any atom is 0.132 e. The molecule has 6 nitrogen and oxygen atoms in total. The zero-order valence-corrected chi connectivity index (χ0v) is 17.3. The lowest BCUT2D eigenvalue weighted by Crippen LogP contribution is -1.90. The molecule has 5 rings (SSSR count). The fourth-order valence-corrected chi connectivity index (χ4v) is 3.75. The second kappa shape index (κ2) is 8.03. The van der Waals surface area contributed by atoms with Gasteiger partial charge in [-0.1, -0.05) is 24.8 Å². The van der Waals surface area contributed by atoms with Crippen LogP contribution in [0.15, 0.2) is 78.7 Å². The molecule has 7 heteroatoms. The van der Waals surface area contributed by atoms with Crippen LogP contribution in [0.25, 0.3) is 50.0 Å². The van der Waals surface area contributed by atoms with Crippen molar-refractivity contribution in [2.24, 2.45) is 4.99 Å². The Kier molecular flexibility index (Phi) is 4.91. The van der Waals surface area contributed by atoms with Crippen LogP contribution >= 0.6 is 0 Å². The summed E-state index contributed by atoms with van der Waals surface area (Å²) in [6, 6.07) is 12.4. The molecule has 4 aromatic heterocycles. The lowest BCUT2D eigenvalue weighted by atomic mass is 10.1. The summed E-state index contributed by atoms with van der Waals surface area (Å²) < 4.78 is 14.4. The number of aromatic nitrogens is 5. The van der Waals surface area contributed by atoms with E-state index in [1.54, 1.807) is 36.8 Å². The Labute approximate surface area is 183 Å². The predicted molar refractivity (Wildman–Crippen MR) is 127 cm³/mol. The number of nitrogens with zero attached hydrogens (tertiary/aromatic N) is 4. The number of hydrogen-bond acceptors (Lipinski definition) is 4. The summed E-state index contributed by atoms with van der Waals surface area (Å²) in [7, 11) is 0. The molecule has 0 saturated heterocycles. The Bertz CT molecular complexity index is 1520. The summed E-state index contributed by atoms with van der Waals surface area (Å²) in [4.78, 5) is 16.5. The molecule has 0 aliphatic carbocycles. The van der Waals surface area contributed by atoms with Crippen LogP contribution in [0.1, 0.15) is 12.6 Å². The van der Waals surface area contributed by atoms with Crippen molar-refractivity contribution in [2.75, 3.05) is 0 Å². The number of allylic oxidation sites excluding steroid dienone is 2. The third-order valence-corrected chi connectivity index (χ3v) is 5.31. The van der Waals surface area contributed by atoms with Crippen molar-refractivity contribution in [2.45, 2.75) is 6.92 Å². The molecule has 0 amide bonds. The van der Waals surface area contributed by atoms with Gasteiger partial charge in [0.2, 0.25) is 0 Å². The van der Waals surface area contributed by atoms with Crippen molar-refractivity contribution in [1.29, 1.82) is 0 Å². The number of benzene rings is 1. The molecule has 0 bridgehead atoms. The monoisotopic (exact) mass is 422 g/mol. The fraction of sp³-hybridized carbons (Fsp3) is 0.0400. The summed E-state index contributed by atoms with van der Waals surface area (Å²) >= 11 is 0. The van der Waals surface area contributed by atoms with E-state index in [-0.39, 0.29) is 5.82 Å². The fourth-order valence-electron chi connectivity index (χ4n) is 3.75. The van der Waals surface area contributed by atoms with Crippen LogP contribution in [-0.4, -0.2) is 31.4 Å². The van der Waals surface area contributed by atoms with Crippen LogP contribution in [0.4, 0.5) is 4.39 Å². The van der Waals surface area contributed by atoms with Crippen molar-refractivity contribution in [3.63, 3.8) is 0 Å². The van der Waals surface area contributed by atoms with E-state index in [2.05, 4.69) is 36.7 Å². The molecule has 0 aliphatic rings. The number of hydrogen-bond donors (Lipinski definition) is 2. The van der Waals surface area contributed by atoms with Gasteiger partial charge < -0.3 is 4.98 Å². The first-order valence-electron chi connectivity index (χ1n) is 10.1. The Morgan fingerprint density at radius 2 is 1.91 bits per heavy atom. The topological polar surface area (TPSA) is 82.6 Å². The highest BCUT2D eigenvalue weighted by atomic mass is 19.1. The van der Waals surface area contributed by atoms with Crippen LogP contribution in [0, 0.1) is 5.82 Å². The molecule has 2 N–H and O–H groups in total. The Morgan fingerprint density at radius 1 is 1.06 bits per heavy atom. The molecule has 0 saturated carbocycles. The second-order valence-corrected chi connectivity index (χ2v) is 7.18. The lowest BCUT2D eigenvalue weighted by molar-refractivity contribution is 0.631. The molecule has 1 aromatic carbocycles. The summed E-state index contributed by atoms with van der Waals surface area (Å²) in [5, 5.41) is 9.28. The minimum atomic E-state index is -0.309. The van der Waals surface area contributed by atoms with Gasteiger partial charge in [0.05, 0.1) is 28.8 Å². The zero-order valence-electron chi connectivity index (χ0n) is 17.3. The molecule has 5 aromatic rings. The standard InChI is InChI=1S/C25H19FN6/c1-3-15(13-27-4-2)21-11-18-23(14-29-21)31-32-25(18)22-12-17-20(30-22)9-10-28-24(17)16-7-5-6-8-19(16)26/h3-14,30H,2H2,1H3,(H,31,32)/b15-3+,27-13?. The van der Waals surface area contributed by atoms with Gasteiger partial charge in [0.15, 0.2) is 0 Å². The summed E-state index contributed by atoms with van der Waals surface area (Å²) in [6.07, 6.45) is 8.57. The summed E-state index contributed by atoms with van der Waals surface area (Å²) in [5.41, 5.74) is 5.91. The highest BCUT2D eigenvalue weighted by Crippen LogP contribution is 2.34. The van der Waals surface area contributed by atoms with E-state index in [1.807, 2.05) is 31.2 Å². The van der Waals surface area contributed by atoms with Crippen LogP contribution in [-0.2, 0) is 0 Å². The van der Waals surface area contributed by atoms with Crippen molar-refractivity contribution in [3.8, 4) is 22.6 Å². The Balaban J connectivity index is 1.66. The van der Waals surface area contributed by atoms with E-state index in [1.165, 1.54) is 12.3 Å². The van der Waals surface area contributed by atoms with Gasteiger partial charge in [-0.15, -0.1) is 0 Å². The average molecular weight is 422 g/mol. The molecule has 0 spiro atoms. The number of nitrogens with one attached hydrogen (secondary N) is 2. The summed E-state index contributed by atoms with van der Waals surface area (Å²) in [5.74, 6) is -0.309. The number of aliphatic imine (C=N–C) groups is 1. The van der Waals surface area contributed by atoms with Crippen LogP contribution in [0.3, 0.4) is 0 Å². The van der Waals surface area contributed by atoms with Crippen LogP contribution < -0.4 is 0 Å².